The summed E-state index contributed by atoms with van der Waals surface area (Å²) in [4.78, 5) is 28.9. The van der Waals surface area contributed by atoms with Gasteiger partial charge in [-0.2, -0.15) is 0 Å². The molecule has 2 aliphatic rings. The van der Waals surface area contributed by atoms with E-state index >= 15 is 0 Å². The van der Waals surface area contributed by atoms with Crippen LogP contribution in [0.4, 0.5) is 5.69 Å². The van der Waals surface area contributed by atoms with Crippen LogP contribution in [0.15, 0.2) is 23.1 Å². The third-order valence-electron chi connectivity index (χ3n) is 6.22. The number of hydrogen-bond acceptors (Lipinski definition) is 4. The Kier molecular flexibility index (Phi) is 7.18. The molecule has 7 nitrogen and oxygen atoms in total. The molecule has 1 aromatic rings. The lowest BCUT2D eigenvalue weighted by Crippen LogP contribution is -2.38. The number of benzene rings is 1. The van der Waals surface area contributed by atoms with Gasteiger partial charge in [0.1, 0.15) is 0 Å². The molecular weight excluding hydrogens is 402 g/mol. The molecule has 30 heavy (non-hydrogen) atoms. The summed E-state index contributed by atoms with van der Waals surface area (Å²) in [5.74, 6) is 0.624. The van der Waals surface area contributed by atoms with Crippen LogP contribution in [0, 0.1) is 5.92 Å². The summed E-state index contributed by atoms with van der Waals surface area (Å²) >= 11 is 0. The molecule has 2 heterocycles. The van der Waals surface area contributed by atoms with Crippen molar-refractivity contribution in [1.29, 1.82) is 0 Å². The van der Waals surface area contributed by atoms with Crippen LogP contribution in [0.3, 0.4) is 0 Å². The van der Waals surface area contributed by atoms with Gasteiger partial charge in [0.2, 0.25) is 21.8 Å². The zero-order valence-electron chi connectivity index (χ0n) is 18.2. The predicted molar refractivity (Wildman–Crippen MR) is 117 cm³/mol. The molecule has 1 N–H and O–H groups in total. The second kappa shape index (κ2) is 9.47. The number of carbonyl (C=O) groups is 2. The van der Waals surface area contributed by atoms with E-state index in [1.54, 1.807) is 23.1 Å². The molecule has 0 aromatic heterocycles. The van der Waals surface area contributed by atoms with Gasteiger partial charge in [-0.05, 0) is 62.3 Å². The van der Waals surface area contributed by atoms with Crippen molar-refractivity contribution in [2.75, 3.05) is 24.5 Å². The Morgan fingerprint density at radius 2 is 1.80 bits per heavy atom. The maximum atomic E-state index is 12.7. The minimum Gasteiger partial charge on any atom is -0.343 e. The Balaban J connectivity index is 1.61. The molecule has 0 spiro atoms. The van der Waals surface area contributed by atoms with Crippen molar-refractivity contribution in [3.8, 4) is 0 Å². The lowest BCUT2D eigenvalue weighted by atomic mass is 9.99. The number of sulfonamides is 1. The minimum atomic E-state index is -3.57. The third kappa shape index (κ3) is 5.21. The van der Waals surface area contributed by atoms with Crippen molar-refractivity contribution in [3.05, 3.63) is 23.8 Å². The van der Waals surface area contributed by atoms with E-state index in [4.69, 9.17) is 0 Å². The van der Waals surface area contributed by atoms with Crippen LogP contribution in [-0.2, 0) is 26.0 Å². The molecule has 0 unspecified atom stereocenters. The van der Waals surface area contributed by atoms with E-state index in [0.717, 1.165) is 37.2 Å². The first-order valence-electron chi connectivity index (χ1n) is 10.9. The van der Waals surface area contributed by atoms with Gasteiger partial charge in [-0.1, -0.05) is 13.8 Å². The molecule has 166 valence electrons. The second-order valence-electron chi connectivity index (χ2n) is 8.58. The summed E-state index contributed by atoms with van der Waals surface area (Å²) in [6.07, 6.45) is 3.78. The molecule has 0 aliphatic carbocycles. The van der Waals surface area contributed by atoms with Gasteiger partial charge in [0.15, 0.2) is 0 Å². The first-order chi connectivity index (χ1) is 14.2. The third-order valence-corrected chi connectivity index (χ3v) is 7.80. The van der Waals surface area contributed by atoms with E-state index < -0.39 is 10.0 Å². The zero-order valence-corrected chi connectivity index (χ0v) is 19.0. The number of rotatable bonds is 7. The number of amides is 2. The van der Waals surface area contributed by atoms with Crippen molar-refractivity contribution >= 4 is 27.5 Å². The van der Waals surface area contributed by atoms with Gasteiger partial charge in [-0.25, -0.2) is 13.1 Å². The summed E-state index contributed by atoms with van der Waals surface area (Å²) in [6, 6.07) is 4.78. The number of piperidine rings is 1. The highest BCUT2D eigenvalue weighted by molar-refractivity contribution is 7.89. The number of likely N-dealkylation sites (tertiary alicyclic amines) is 1. The van der Waals surface area contributed by atoms with Crippen LogP contribution in [0.1, 0.15) is 58.4 Å². The lowest BCUT2D eigenvalue weighted by Gasteiger charge is -2.30. The Hall–Kier alpha value is -1.93. The molecular formula is C22H33N3O4S. The van der Waals surface area contributed by atoms with Crippen molar-refractivity contribution in [2.45, 2.75) is 70.2 Å². The van der Waals surface area contributed by atoms with E-state index in [1.807, 2.05) is 18.7 Å². The highest BCUT2D eigenvalue weighted by Crippen LogP contribution is 2.31. The predicted octanol–water partition coefficient (Wildman–Crippen LogP) is 2.69. The quantitative estimate of drug-likeness (QED) is 0.713. The van der Waals surface area contributed by atoms with Gasteiger partial charge < -0.3 is 9.80 Å². The summed E-state index contributed by atoms with van der Waals surface area (Å²) in [7, 11) is -3.57. The molecule has 8 heteroatoms. The molecule has 3 rings (SSSR count). The summed E-state index contributed by atoms with van der Waals surface area (Å²) in [6.45, 7) is 8.04. The summed E-state index contributed by atoms with van der Waals surface area (Å²) in [5.41, 5.74) is 1.61. The fourth-order valence-electron chi connectivity index (χ4n) is 3.99. The standard InChI is InChI=1S/C22H33N3O4S/c1-4-17(3)23-30(28,29)19-5-6-20-18(15-19)11-14-25(20)22(27)8-7-21(26)24-12-9-16(2)10-13-24/h5-6,15-17,23H,4,7-14H2,1-3H3/t17-/m0/s1. The number of fused-ring (bicyclic) bond motifs is 1. The summed E-state index contributed by atoms with van der Waals surface area (Å²) in [5, 5.41) is 0. The van der Waals surface area contributed by atoms with Gasteiger partial charge in [0.25, 0.3) is 0 Å². The molecule has 0 bridgehead atoms. The van der Waals surface area contributed by atoms with Gasteiger partial charge >= 0.3 is 0 Å². The number of carbonyl (C=O) groups excluding carboxylic acids is 2. The molecule has 1 atom stereocenters. The van der Waals surface area contributed by atoms with Gasteiger partial charge in [0, 0.05) is 44.2 Å². The van der Waals surface area contributed by atoms with Crippen molar-refractivity contribution < 1.29 is 18.0 Å². The summed E-state index contributed by atoms with van der Waals surface area (Å²) < 4.78 is 27.7. The van der Waals surface area contributed by atoms with E-state index in [2.05, 4.69) is 11.6 Å². The normalized spacial score (nSPS) is 18.4. The average Bonchev–Trinajstić information content (AvgIpc) is 3.15. The van der Waals surface area contributed by atoms with Crippen LogP contribution in [0.25, 0.3) is 0 Å². The molecule has 1 aromatic carbocycles. The van der Waals surface area contributed by atoms with Crippen LogP contribution < -0.4 is 9.62 Å². The number of nitrogens with zero attached hydrogens (tertiary/aromatic N) is 2. The van der Waals surface area contributed by atoms with Crippen LogP contribution in [0.2, 0.25) is 0 Å². The highest BCUT2D eigenvalue weighted by Gasteiger charge is 2.28. The topological polar surface area (TPSA) is 86.8 Å². The van der Waals surface area contributed by atoms with Crippen LogP contribution in [-0.4, -0.2) is 50.8 Å². The van der Waals surface area contributed by atoms with Gasteiger partial charge in [0.05, 0.1) is 4.90 Å². The monoisotopic (exact) mass is 435 g/mol. The van der Waals surface area contributed by atoms with E-state index in [9.17, 15) is 18.0 Å². The van der Waals surface area contributed by atoms with E-state index in [-0.39, 0.29) is 35.6 Å². The second-order valence-corrected chi connectivity index (χ2v) is 10.3. The fraction of sp³-hybridized carbons (Fsp3) is 0.636. The molecule has 2 amide bonds. The van der Waals surface area contributed by atoms with Crippen molar-refractivity contribution in [3.63, 3.8) is 0 Å². The molecule has 0 radical (unpaired) electrons. The van der Waals surface area contributed by atoms with E-state index in [0.29, 0.717) is 25.3 Å². The maximum absolute atomic E-state index is 12.7. The first-order valence-corrected chi connectivity index (χ1v) is 12.4. The van der Waals surface area contributed by atoms with Crippen molar-refractivity contribution in [1.82, 2.24) is 9.62 Å². The largest absolute Gasteiger partial charge is 0.343 e. The number of anilines is 1. The average molecular weight is 436 g/mol. The van der Waals surface area contributed by atoms with E-state index in [1.165, 1.54) is 0 Å². The van der Waals surface area contributed by atoms with Gasteiger partial charge in [-0.3, -0.25) is 9.59 Å². The number of nitrogens with one attached hydrogen (secondary N) is 1. The lowest BCUT2D eigenvalue weighted by molar-refractivity contribution is -0.134. The fourth-order valence-corrected chi connectivity index (χ4v) is 5.36. The van der Waals surface area contributed by atoms with Crippen LogP contribution in [0.5, 0.6) is 0 Å². The van der Waals surface area contributed by atoms with Gasteiger partial charge in [-0.15, -0.1) is 0 Å². The molecule has 0 saturated carbocycles. The smallest absolute Gasteiger partial charge is 0.240 e. The Bertz CT molecular complexity index is 892. The maximum Gasteiger partial charge on any atom is 0.240 e. The Morgan fingerprint density at radius 3 is 2.47 bits per heavy atom. The zero-order chi connectivity index (χ0) is 21.9. The number of hydrogen-bond donors (Lipinski definition) is 1. The highest BCUT2D eigenvalue weighted by atomic mass is 32.2. The van der Waals surface area contributed by atoms with Crippen molar-refractivity contribution in [2.24, 2.45) is 5.92 Å². The Morgan fingerprint density at radius 1 is 1.13 bits per heavy atom. The SMILES string of the molecule is CC[C@H](C)NS(=O)(=O)c1ccc2c(c1)CCN2C(=O)CCC(=O)N1CCC(C)CC1. The minimum absolute atomic E-state index is 0.0484. The molecule has 1 saturated heterocycles. The first kappa shape index (κ1) is 22.7. The molecule has 2 aliphatic heterocycles. The molecule has 1 fully saturated rings. The Labute approximate surface area is 179 Å². The van der Waals surface area contributed by atoms with Crippen LogP contribution >= 0.6 is 0 Å².